The van der Waals surface area contributed by atoms with E-state index in [9.17, 15) is 4.79 Å². The number of thiazole rings is 1. The molecule has 0 spiro atoms. The van der Waals surface area contributed by atoms with E-state index in [0.29, 0.717) is 6.61 Å². The molecular formula is C24H21N3O2S. The van der Waals surface area contributed by atoms with Crippen LogP contribution in [-0.2, 0) is 4.79 Å². The van der Waals surface area contributed by atoms with Crippen LogP contribution in [0.1, 0.15) is 12.0 Å². The van der Waals surface area contributed by atoms with Crippen LogP contribution in [-0.4, -0.2) is 22.5 Å². The van der Waals surface area contributed by atoms with Crippen molar-refractivity contribution >= 4 is 22.9 Å². The van der Waals surface area contributed by atoms with Gasteiger partial charge in [-0.1, -0.05) is 29.8 Å². The largest absolute Gasteiger partial charge is 0.493 e. The van der Waals surface area contributed by atoms with E-state index in [1.165, 1.54) is 5.56 Å². The van der Waals surface area contributed by atoms with Gasteiger partial charge in [0.25, 0.3) is 0 Å². The Morgan fingerprint density at radius 1 is 1.07 bits per heavy atom. The van der Waals surface area contributed by atoms with Gasteiger partial charge in [-0.05, 0) is 43.3 Å². The highest BCUT2D eigenvalue weighted by atomic mass is 32.1. The van der Waals surface area contributed by atoms with Crippen molar-refractivity contribution in [3.8, 4) is 27.6 Å². The first kappa shape index (κ1) is 19.8. The number of rotatable bonds is 7. The lowest BCUT2D eigenvalue weighted by molar-refractivity contribution is -0.116. The molecule has 0 radical (unpaired) electrons. The van der Waals surface area contributed by atoms with Gasteiger partial charge in [0.2, 0.25) is 5.91 Å². The standard InChI is InChI=1S/C24H21N3O2S/c1-17-7-9-21(10-8-17)29-13-11-23(28)26-20-6-2-4-18(14-20)22-16-30-24(27-22)19-5-3-12-25-15-19/h2-10,12,14-16H,11,13H2,1H3,(H,26,28). The molecule has 0 atom stereocenters. The van der Waals surface area contributed by atoms with Crippen LogP contribution in [0.5, 0.6) is 5.75 Å². The molecule has 2 aromatic heterocycles. The molecule has 6 heteroatoms. The fraction of sp³-hybridized carbons (Fsp3) is 0.125. The molecule has 30 heavy (non-hydrogen) atoms. The first-order valence-corrected chi connectivity index (χ1v) is 10.5. The Bertz CT molecular complexity index is 1120. The number of hydrogen-bond donors (Lipinski definition) is 1. The molecule has 4 aromatic rings. The number of aryl methyl sites for hydroxylation is 1. The van der Waals surface area contributed by atoms with Crippen LogP contribution < -0.4 is 10.1 Å². The molecule has 1 N–H and O–H groups in total. The van der Waals surface area contributed by atoms with Crippen LogP contribution in [0, 0.1) is 6.92 Å². The van der Waals surface area contributed by atoms with Gasteiger partial charge in [0.1, 0.15) is 10.8 Å². The van der Waals surface area contributed by atoms with Crippen molar-refractivity contribution in [2.75, 3.05) is 11.9 Å². The van der Waals surface area contributed by atoms with Crippen molar-refractivity contribution in [3.63, 3.8) is 0 Å². The number of hydrogen-bond acceptors (Lipinski definition) is 5. The summed E-state index contributed by atoms with van der Waals surface area (Å²) < 4.78 is 5.63. The number of aromatic nitrogens is 2. The van der Waals surface area contributed by atoms with Crippen molar-refractivity contribution in [1.29, 1.82) is 0 Å². The maximum absolute atomic E-state index is 12.3. The van der Waals surface area contributed by atoms with Crippen LogP contribution in [0.25, 0.3) is 21.8 Å². The smallest absolute Gasteiger partial charge is 0.227 e. The summed E-state index contributed by atoms with van der Waals surface area (Å²) in [6.45, 7) is 2.35. The van der Waals surface area contributed by atoms with Crippen LogP contribution in [0.2, 0.25) is 0 Å². The molecule has 1 amide bonds. The molecule has 0 saturated carbocycles. The van der Waals surface area contributed by atoms with Crippen molar-refractivity contribution in [2.24, 2.45) is 0 Å². The van der Waals surface area contributed by atoms with Crippen molar-refractivity contribution in [2.45, 2.75) is 13.3 Å². The molecule has 150 valence electrons. The minimum atomic E-state index is -0.0893. The van der Waals surface area contributed by atoms with E-state index in [2.05, 4.69) is 10.3 Å². The lowest BCUT2D eigenvalue weighted by Crippen LogP contribution is -2.15. The monoisotopic (exact) mass is 415 g/mol. The molecule has 0 aliphatic heterocycles. The summed E-state index contributed by atoms with van der Waals surface area (Å²) >= 11 is 1.57. The summed E-state index contributed by atoms with van der Waals surface area (Å²) in [6.07, 6.45) is 3.83. The zero-order valence-electron chi connectivity index (χ0n) is 16.5. The van der Waals surface area contributed by atoms with E-state index in [4.69, 9.17) is 9.72 Å². The van der Waals surface area contributed by atoms with Crippen LogP contribution in [0.4, 0.5) is 5.69 Å². The number of ether oxygens (including phenoxy) is 1. The van der Waals surface area contributed by atoms with Gasteiger partial charge in [0.15, 0.2) is 0 Å². The second-order valence-corrected chi connectivity index (χ2v) is 7.68. The summed E-state index contributed by atoms with van der Waals surface area (Å²) in [5.41, 5.74) is 4.73. The molecule has 4 rings (SSSR count). The van der Waals surface area contributed by atoms with E-state index in [1.807, 2.05) is 73.0 Å². The molecule has 0 aliphatic rings. The molecule has 0 fully saturated rings. The summed E-state index contributed by atoms with van der Waals surface area (Å²) in [4.78, 5) is 21.1. The summed E-state index contributed by atoms with van der Waals surface area (Å²) in [5.74, 6) is 0.678. The fourth-order valence-corrected chi connectivity index (χ4v) is 3.72. The lowest BCUT2D eigenvalue weighted by atomic mass is 10.1. The van der Waals surface area contributed by atoms with E-state index in [0.717, 1.165) is 33.3 Å². The van der Waals surface area contributed by atoms with Gasteiger partial charge in [0, 0.05) is 34.6 Å². The van der Waals surface area contributed by atoms with Crippen LogP contribution in [0.15, 0.2) is 78.4 Å². The van der Waals surface area contributed by atoms with Crippen molar-refractivity contribution in [1.82, 2.24) is 9.97 Å². The number of carbonyl (C=O) groups excluding carboxylic acids is 1. The lowest BCUT2D eigenvalue weighted by Gasteiger charge is -2.08. The van der Waals surface area contributed by atoms with Crippen LogP contribution in [0.3, 0.4) is 0 Å². The Balaban J connectivity index is 1.36. The Morgan fingerprint density at radius 3 is 2.70 bits per heavy atom. The van der Waals surface area contributed by atoms with Gasteiger partial charge in [-0.25, -0.2) is 4.98 Å². The Labute approximate surface area is 179 Å². The molecule has 0 bridgehead atoms. The van der Waals surface area contributed by atoms with Crippen molar-refractivity contribution in [3.05, 3.63) is 84.0 Å². The van der Waals surface area contributed by atoms with Gasteiger partial charge < -0.3 is 10.1 Å². The van der Waals surface area contributed by atoms with E-state index < -0.39 is 0 Å². The topological polar surface area (TPSA) is 64.1 Å². The fourth-order valence-electron chi connectivity index (χ4n) is 2.90. The quantitative estimate of drug-likeness (QED) is 0.427. The first-order chi connectivity index (χ1) is 14.7. The highest BCUT2D eigenvalue weighted by molar-refractivity contribution is 7.13. The van der Waals surface area contributed by atoms with E-state index in [1.54, 1.807) is 23.7 Å². The van der Waals surface area contributed by atoms with Gasteiger partial charge in [-0.3, -0.25) is 9.78 Å². The Kier molecular flexibility index (Phi) is 6.15. The minimum Gasteiger partial charge on any atom is -0.493 e. The van der Waals surface area contributed by atoms with Crippen LogP contribution >= 0.6 is 11.3 Å². The molecular weight excluding hydrogens is 394 g/mol. The highest BCUT2D eigenvalue weighted by Gasteiger charge is 2.09. The molecule has 5 nitrogen and oxygen atoms in total. The maximum atomic E-state index is 12.3. The second-order valence-electron chi connectivity index (χ2n) is 6.82. The molecule has 2 aromatic carbocycles. The zero-order chi connectivity index (χ0) is 20.8. The van der Waals surface area contributed by atoms with E-state index in [-0.39, 0.29) is 12.3 Å². The predicted molar refractivity (Wildman–Crippen MR) is 121 cm³/mol. The number of amides is 1. The van der Waals surface area contributed by atoms with Crippen molar-refractivity contribution < 1.29 is 9.53 Å². The number of nitrogens with one attached hydrogen (secondary N) is 1. The summed E-state index contributed by atoms with van der Waals surface area (Å²) in [7, 11) is 0. The number of nitrogens with zero attached hydrogens (tertiary/aromatic N) is 2. The number of anilines is 1. The third-order valence-corrected chi connectivity index (χ3v) is 5.36. The minimum absolute atomic E-state index is 0.0893. The molecule has 0 saturated heterocycles. The summed E-state index contributed by atoms with van der Waals surface area (Å²) in [6, 6.07) is 19.4. The summed E-state index contributed by atoms with van der Waals surface area (Å²) in [5, 5.41) is 5.86. The molecule has 0 aliphatic carbocycles. The highest BCUT2D eigenvalue weighted by Crippen LogP contribution is 2.29. The third kappa shape index (κ3) is 5.10. The molecule has 0 unspecified atom stereocenters. The average Bonchev–Trinajstić information content (AvgIpc) is 3.26. The third-order valence-electron chi connectivity index (χ3n) is 4.47. The maximum Gasteiger partial charge on any atom is 0.227 e. The van der Waals surface area contributed by atoms with Gasteiger partial charge in [0.05, 0.1) is 18.7 Å². The average molecular weight is 416 g/mol. The number of benzene rings is 2. The number of carbonyl (C=O) groups is 1. The molecule has 2 heterocycles. The number of pyridine rings is 1. The second kappa shape index (κ2) is 9.33. The first-order valence-electron chi connectivity index (χ1n) is 9.63. The Hall–Kier alpha value is -3.51. The van der Waals surface area contributed by atoms with Gasteiger partial charge in [-0.2, -0.15) is 0 Å². The predicted octanol–water partition coefficient (Wildman–Crippen LogP) is 5.59. The van der Waals surface area contributed by atoms with E-state index >= 15 is 0 Å². The normalized spacial score (nSPS) is 10.6. The SMILES string of the molecule is Cc1ccc(OCCC(=O)Nc2cccc(-c3csc(-c4cccnc4)n3)c2)cc1. The zero-order valence-corrected chi connectivity index (χ0v) is 17.4. The van der Waals surface area contributed by atoms with Gasteiger partial charge >= 0.3 is 0 Å². The Morgan fingerprint density at radius 2 is 1.90 bits per heavy atom. The van der Waals surface area contributed by atoms with Gasteiger partial charge in [-0.15, -0.1) is 11.3 Å².